The Balaban J connectivity index is 1.48. The topological polar surface area (TPSA) is 70.1 Å². The Bertz CT molecular complexity index is 1130. The fourth-order valence-corrected chi connectivity index (χ4v) is 5.95. The summed E-state index contributed by atoms with van der Waals surface area (Å²) < 4.78 is 6.32. The number of halogens is 2. The van der Waals surface area contributed by atoms with E-state index >= 15 is 0 Å². The molecule has 2 amide bonds. The monoisotopic (exact) mass is 560 g/mol. The van der Waals surface area contributed by atoms with Crippen LogP contribution in [0.25, 0.3) is 0 Å². The maximum atomic E-state index is 13.4. The van der Waals surface area contributed by atoms with E-state index in [4.69, 9.17) is 27.9 Å². The van der Waals surface area contributed by atoms with E-state index in [-0.39, 0.29) is 17.9 Å². The fraction of sp³-hybridized carbons (Fsp3) is 0.533. The summed E-state index contributed by atoms with van der Waals surface area (Å²) in [6, 6.07) is 11.5. The van der Waals surface area contributed by atoms with Gasteiger partial charge in [0.2, 0.25) is 11.8 Å². The van der Waals surface area contributed by atoms with Gasteiger partial charge >= 0.3 is 0 Å². The van der Waals surface area contributed by atoms with Crippen LogP contribution in [0.3, 0.4) is 0 Å². The van der Waals surface area contributed by atoms with Crippen molar-refractivity contribution in [3.8, 4) is 5.75 Å². The van der Waals surface area contributed by atoms with Gasteiger partial charge in [0.1, 0.15) is 5.75 Å². The molecule has 2 aliphatic rings. The van der Waals surface area contributed by atoms with E-state index in [0.29, 0.717) is 69.9 Å². The SMILES string of the molecule is Cc1cc(OC[C@]2(CC(=O)N3CCC(O)CC3)CCCN(C(=O)CCc3ccccc3Cl)C2)cc(C)c1Cl. The molecule has 1 atom stereocenters. The molecule has 38 heavy (non-hydrogen) atoms. The largest absolute Gasteiger partial charge is 0.493 e. The van der Waals surface area contributed by atoms with Crippen molar-refractivity contribution in [2.75, 3.05) is 32.8 Å². The van der Waals surface area contributed by atoms with Crippen LogP contribution >= 0.6 is 23.2 Å². The predicted molar refractivity (Wildman–Crippen MR) is 151 cm³/mol. The maximum Gasteiger partial charge on any atom is 0.223 e. The molecule has 2 fully saturated rings. The van der Waals surface area contributed by atoms with Crippen LogP contribution < -0.4 is 4.74 Å². The van der Waals surface area contributed by atoms with Gasteiger partial charge in [-0.1, -0.05) is 41.4 Å². The molecule has 2 aromatic carbocycles. The number of nitrogens with zero attached hydrogens (tertiary/aromatic N) is 2. The highest BCUT2D eigenvalue weighted by molar-refractivity contribution is 6.32. The van der Waals surface area contributed by atoms with E-state index in [1.807, 2.05) is 60.0 Å². The lowest BCUT2D eigenvalue weighted by atomic mass is 9.77. The Morgan fingerprint density at radius 1 is 1.03 bits per heavy atom. The third-order valence-corrected chi connectivity index (χ3v) is 8.84. The zero-order valence-electron chi connectivity index (χ0n) is 22.3. The Kier molecular flexibility index (Phi) is 9.61. The van der Waals surface area contributed by atoms with E-state index in [1.54, 1.807) is 0 Å². The van der Waals surface area contributed by atoms with Crippen molar-refractivity contribution in [3.05, 3.63) is 63.1 Å². The second-order valence-corrected chi connectivity index (χ2v) is 11.7. The summed E-state index contributed by atoms with van der Waals surface area (Å²) in [5.74, 6) is 0.856. The number of carbonyl (C=O) groups is 2. The van der Waals surface area contributed by atoms with Crippen LogP contribution in [-0.2, 0) is 16.0 Å². The molecule has 2 heterocycles. The molecule has 6 nitrogen and oxygen atoms in total. The number of benzene rings is 2. The van der Waals surface area contributed by atoms with Crippen molar-refractivity contribution in [1.82, 2.24) is 9.80 Å². The second-order valence-electron chi connectivity index (χ2n) is 11.0. The molecule has 0 spiro atoms. The van der Waals surface area contributed by atoms with Crippen LogP contribution in [-0.4, -0.2) is 65.6 Å². The number of aliphatic hydroxyl groups is 1. The van der Waals surface area contributed by atoms with Gasteiger partial charge in [0.25, 0.3) is 0 Å². The van der Waals surface area contributed by atoms with Gasteiger partial charge in [0.15, 0.2) is 0 Å². The van der Waals surface area contributed by atoms with E-state index in [9.17, 15) is 14.7 Å². The number of aliphatic hydroxyl groups excluding tert-OH is 1. The predicted octanol–water partition coefficient (Wildman–Crippen LogP) is 5.60. The molecule has 4 rings (SSSR count). The number of hydrogen-bond donors (Lipinski definition) is 1. The van der Waals surface area contributed by atoms with E-state index < -0.39 is 5.41 Å². The lowest BCUT2D eigenvalue weighted by molar-refractivity contribution is -0.142. The number of hydrogen-bond acceptors (Lipinski definition) is 4. The number of likely N-dealkylation sites (tertiary alicyclic amines) is 2. The Morgan fingerprint density at radius 2 is 1.71 bits per heavy atom. The molecule has 2 saturated heterocycles. The highest BCUT2D eigenvalue weighted by Crippen LogP contribution is 2.37. The van der Waals surface area contributed by atoms with Crippen molar-refractivity contribution < 1.29 is 19.4 Å². The molecule has 0 aliphatic carbocycles. The molecule has 2 aliphatic heterocycles. The first kappa shape index (κ1) is 28.7. The van der Waals surface area contributed by atoms with E-state index in [1.165, 1.54) is 0 Å². The summed E-state index contributed by atoms with van der Waals surface area (Å²) in [6.07, 6.45) is 3.74. The first-order valence-electron chi connectivity index (χ1n) is 13.5. The highest BCUT2D eigenvalue weighted by atomic mass is 35.5. The van der Waals surface area contributed by atoms with Gasteiger partial charge < -0.3 is 19.6 Å². The molecule has 8 heteroatoms. The van der Waals surface area contributed by atoms with Crippen molar-refractivity contribution in [1.29, 1.82) is 0 Å². The molecular weight excluding hydrogens is 523 g/mol. The third-order valence-electron chi connectivity index (χ3n) is 7.88. The van der Waals surface area contributed by atoms with Crippen LogP contribution in [0, 0.1) is 19.3 Å². The molecule has 0 aromatic heterocycles. The minimum Gasteiger partial charge on any atom is -0.493 e. The molecule has 0 unspecified atom stereocenters. The number of piperidine rings is 2. The highest BCUT2D eigenvalue weighted by Gasteiger charge is 2.41. The zero-order chi connectivity index (χ0) is 27.3. The summed E-state index contributed by atoms with van der Waals surface area (Å²) >= 11 is 12.7. The summed E-state index contributed by atoms with van der Waals surface area (Å²) in [5, 5.41) is 11.3. The smallest absolute Gasteiger partial charge is 0.223 e. The van der Waals surface area contributed by atoms with Gasteiger partial charge in [-0.3, -0.25) is 9.59 Å². The van der Waals surface area contributed by atoms with E-state index in [2.05, 4.69) is 0 Å². The average Bonchev–Trinajstić information content (AvgIpc) is 2.90. The van der Waals surface area contributed by atoms with Crippen LogP contribution in [0.5, 0.6) is 5.75 Å². The number of ether oxygens (including phenoxy) is 1. The van der Waals surface area contributed by atoms with Crippen LogP contribution in [0.1, 0.15) is 55.2 Å². The van der Waals surface area contributed by atoms with Crippen molar-refractivity contribution >= 4 is 35.0 Å². The number of aryl methyl sites for hydroxylation is 3. The molecule has 2 aromatic rings. The fourth-order valence-electron chi connectivity index (χ4n) is 5.61. The lowest BCUT2D eigenvalue weighted by Gasteiger charge is -2.43. The molecule has 0 saturated carbocycles. The number of rotatable bonds is 8. The zero-order valence-corrected chi connectivity index (χ0v) is 23.9. The maximum absolute atomic E-state index is 13.4. The summed E-state index contributed by atoms with van der Waals surface area (Å²) in [7, 11) is 0. The number of carbonyl (C=O) groups excluding carboxylic acids is 2. The Hall–Kier alpha value is -2.28. The Morgan fingerprint density at radius 3 is 2.39 bits per heavy atom. The minimum absolute atomic E-state index is 0.0642. The van der Waals surface area contributed by atoms with Crippen molar-refractivity contribution in [2.24, 2.45) is 5.41 Å². The molecule has 0 bridgehead atoms. The molecule has 206 valence electrons. The quantitative estimate of drug-likeness (QED) is 0.456. The summed E-state index contributed by atoms with van der Waals surface area (Å²) in [4.78, 5) is 30.5. The summed E-state index contributed by atoms with van der Waals surface area (Å²) in [5.41, 5.74) is 2.36. The van der Waals surface area contributed by atoms with Gasteiger partial charge in [-0.2, -0.15) is 0 Å². The molecule has 1 N–H and O–H groups in total. The standard InChI is InChI=1S/C30H38Cl2N2O4/c1-21-16-25(17-22(2)29(21)32)38-20-30(18-28(37)33-14-10-24(35)11-15-33)12-5-13-34(19-30)27(36)9-8-23-6-3-4-7-26(23)31/h3-4,6-7,16-17,24,35H,5,8-15,18-20H2,1-2H3/t30-/m0/s1. The third kappa shape index (κ3) is 7.22. The minimum atomic E-state index is -0.493. The van der Waals surface area contributed by atoms with Crippen LogP contribution in [0.4, 0.5) is 0 Å². The van der Waals surface area contributed by atoms with Gasteiger partial charge in [-0.25, -0.2) is 0 Å². The van der Waals surface area contributed by atoms with Crippen LogP contribution in [0.2, 0.25) is 10.0 Å². The first-order valence-corrected chi connectivity index (χ1v) is 14.3. The molecular formula is C30H38Cl2N2O4. The van der Waals surface area contributed by atoms with Crippen molar-refractivity contribution in [2.45, 2.75) is 64.9 Å². The van der Waals surface area contributed by atoms with Gasteiger partial charge in [0, 0.05) is 54.5 Å². The average molecular weight is 562 g/mol. The Labute approximate surface area is 235 Å². The van der Waals surface area contributed by atoms with Gasteiger partial charge in [-0.15, -0.1) is 0 Å². The van der Waals surface area contributed by atoms with Gasteiger partial charge in [0.05, 0.1) is 12.7 Å². The normalized spacial score (nSPS) is 20.4. The molecule has 0 radical (unpaired) electrons. The van der Waals surface area contributed by atoms with Crippen molar-refractivity contribution in [3.63, 3.8) is 0 Å². The first-order chi connectivity index (χ1) is 18.2. The second kappa shape index (κ2) is 12.7. The lowest BCUT2D eigenvalue weighted by Crippen LogP contribution is -2.51. The summed E-state index contributed by atoms with van der Waals surface area (Å²) in [6.45, 7) is 6.51. The number of amides is 2. The van der Waals surface area contributed by atoms with Gasteiger partial charge in [-0.05, 0) is 80.8 Å². The van der Waals surface area contributed by atoms with E-state index in [0.717, 1.165) is 40.3 Å². The van der Waals surface area contributed by atoms with Crippen LogP contribution in [0.15, 0.2) is 36.4 Å².